The number of nitrogens with two attached hydrogens (primary N) is 1. The summed E-state index contributed by atoms with van der Waals surface area (Å²) in [5.74, 6) is 0.228. The third kappa shape index (κ3) is 1.83. The minimum Gasteiger partial charge on any atom is -0.452 e. The Kier molecular flexibility index (Phi) is 2.31. The van der Waals surface area contributed by atoms with Crippen molar-refractivity contribution in [3.8, 4) is 11.5 Å². The predicted octanol–water partition coefficient (Wildman–Crippen LogP) is 3.69. The van der Waals surface area contributed by atoms with Crippen molar-refractivity contribution >= 4 is 16.7 Å². The van der Waals surface area contributed by atoms with Gasteiger partial charge in [-0.1, -0.05) is 17.3 Å². The van der Waals surface area contributed by atoms with E-state index in [9.17, 15) is 13.2 Å². The molecule has 0 atom stereocenters. The Morgan fingerprint density at radius 3 is 2.63 bits per heavy atom. The first kappa shape index (κ1) is 11.6. The van der Waals surface area contributed by atoms with Gasteiger partial charge in [0.1, 0.15) is 11.3 Å². The summed E-state index contributed by atoms with van der Waals surface area (Å²) >= 11 is 0. The van der Waals surface area contributed by atoms with Crippen molar-refractivity contribution in [1.29, 1.82) is 0 Å². The Bertz CT molecular complexity index is 743. The number of nitrogen functional groups attached to an aromatic ring is 1. The van der Waals surface area contributed by atoms with Gasteiger partial charge in [-0.3, -0.25) is 0 Å². The van der Waals surface area contributed by atoms with E-state index in [4.69, 9.17) is 14.7 Å². The lowest BCUT2D eigenvalue weighted by atomic mass is 10.1. The first-order chi connectivity index (χ1) is 8.97. The van der Waals surface area contributed by atoms with Crippen LogP contribution in [0.2, 0.25) is 0 Å². The van der Waals surface area contributed by atoms with E-state index in [2.05, 4.69) is 5.16 Å². The molecule has 0 saturated heterocycles. The molecular weight excluding hydrogens is 261 g/mol. The molecule has 0 radical (unpaired) electrons. The van der Waals surface area contributed by atoms with Gasteiger partial charge in [-0.15, -0.1) is 0 Å². The summed E-state index contributed by atoms with van der Waals surface area (Å²) in [5, 5.41) is 3.78. The summed E-state index contributed by atoms with van der Waals surface area (Å²) in [4.78, 5) is 0. The van der Waals surface area contributed by atoms with Crippen LogP contribution in [0.5, 0.6) is 0 Å². The van der Waals surface area contributed by atoms with E-state index < -0.39 is 11.7 Å². The number of hydrogen-bond donors (Lipinski definition) is 1. The predicted molar refractivity (Wildman–Crippen MR) is 61.1 cm³/mol. The number of hydrogen-bond acceptors (Lipinski definition) is 4. The average molecular weight is 268 g/mol. The molecule has 0 fully saturated rings. The fourth-order valence-electron chi connectivity index (χ4n) is 1.83. The van der Waals surface area contributed by atoms with Crippen LogP contribution in [0.4, 0.5) is 18.9 Å². The smallest absolute Gasteiger partial charge is 0.420 e. The first-order valence-electron chi connectivity index (χ1n) is 5.27. The number of alkyl halides is 3. The highest BCUT2D eigenvalue weighted by atomic mass is 19.4. The second-order valence-corrected chi connectivity index (χ2v) is 3.94. The van der Waals surface area contributed by atoms with Crippen LogP contribution in [0.1, 0.15) is 5.56 Å². The monoisotopic (exact) mass is 268 g/mol. The number of fused-ring (bicyclic) bond motifs is 1. The van der Waals surface area contributed by atoms with Gasteiger partial charge >= 0.3 is 6.18 Å². The van der Waals surface area contributed by atoms with Crippen molar-refractivity contribution in [2.75, 3.05) is 5.73 Å². The fourth-order valence-corrected chi connectivity index (χ4v) is 1.83. The van der Waals surface area contributed by atoms with Crippen LogP contribution in [0, 0.1) is 0 Å². The molecular formula is C12H7F3N2O2. The van der Waals surface area contributed by atoms with Crippen molar-refractivity contribution in [3.05, 3.63) is 36.0 Å². The largest absolute Gasteiger partial charge is 0.452 e. The highest BCUT2D eigenvalue weighted by Crippen LogP contribution is 2.38. The molecule has 1 aromatic carbocycles. The molecule has 2 aromatic heterocycles. The van der Waals surface area contributed by atoms with Gasteiger partial charge in [-0.05, 0) is 12.1 Å². The van der Waals surface area contributed by atoms with Crippen molar-refractivity contribution in [2.24, 2.45) is 0 Å². The van der Waals surface area contributed by atoms with Crippen molar-refractivity contribution in [3.63, 3.8) is 0 Å². The van der Waals surface area contributed by atoms with Crippen LogP contribution < -0.4 is 5.73 Å². The van der Waals surface area contributed by atoms with Gasteiger partial charge in [0.15, 0.2) is 5.76 Å². The van der Waals surface area contributed by atoms with Crippen LogP contribution in [0.25, 0.3) is 22.5 Å². The Morgan fingerprint density at radius 1 is 1.21 bits per heavy atom. The Balaban J connectivity index is 2.25. The molecule has 0 aliphatic rings. The van der Waals surface area contributed by atoms with E-state index in [-0.39, 0.29) is 22.8 Å². The number of para-hydroxylation sites is 1. The van der Waals surface area contributed by atoms with Crippen molar-refractivity contribution in [2.45, 2.75) is 6.18 Å². The Morgan fingerprint density at radius 2 is 2.00 bits per heavy atom. The van der Waals surface area contributed by atoms with Crippen molar-refractivity contribution < 1.29 is 22.1 Å². The molecule has 19 heavy (non-hydrogen) atoms. The number of aromatic nitrogens is 1. The number of rotatable bonds is 1. The minimum absolute atomic E-state index is 0.113. The van der Waals surface area contributed by atoms with Crippen molar-refractivity contribution in [1.82, 2.24) is 5.16 Å². The molecule has 0 saturated carbocycles. The summed E-state index contributed by atoms with van der Waals surface area (Å²) in [6, 6.07) is 5.22. The molecule has 3 aromatic rings. The molecule has 2 N–H and O–H groups in total. The highest BCUT2D eigenvalue weighted by molar-refractivity contribution is 5.86. The lowest BCUT2D eigenvalue weighted by Crippen LogP contribution is -2.04. The average Bonchev–Trinajstić information content (AvgIpc) is 2.91. The van der Waals surface area contributed by atoms with Gasteiger partial charge in [0.2, 0.25) is 5.76 Å². The number of furan rings is 1. The number of halogens is 3. The van der Waals surface area contributed by atoms with Crippen LogP contribution in [0.15, 0.2) is 39.4 Å². The molecule has 0 amide bonds. The fraction of sp³-hybridized carbons (Fsp3) is 0.0833. The zero-order valence-corrected chi connectivity index (χ0v) is 9.36. The molecule has 0 bridgehead atoms. The SMILES string of the molecule is Nc1cnoc1-c1cc2cccc(C(F)(F)F)c2o1. The topological polar surface area (TPSA) is 65.2 Å². The zero-order chi connectivity index (χ0) is 13.6. The van der Waals surface area contributed by atoms with E-state index in [0.717, 1.165) is 6.07 Å². The number of anilines is 1. The molecule has 98 valence electrons. The van der Waals surface area contributed by atoms with Gasteiger partial charge in [-0.25, -0.2) is 0 Å². The van der Waals surface area contributed by atoms with E-state index in [0.29, 0.717) is 5.39 Å². The van der Waals surface area contributed by atoms with E-state index >= 15 is 0 Å². The Hall–Kier alpha value is -2.44. The second-order valence-electron chi connectivity index (χ2n) is 3.94. The summed E-state index contributed by atoms with van der Waals surface area (Å²) in [6.45, 7) is 0. The number of benzene rings is 1. The summed E-state index contributed by atoms with van der Waals surface area (Å²) < 4.78 is 48.6. The van der Waals surface area contributed by atoms with Gasteiger partial charge in [0.05, 0.1) is 11.8 Å². The molecule has 0 spiro atoms. The van der Waals surface area contributed by atoms with Gasteiger partial charge in [0, 0.05) is 5.39 Å². The quantitative estimate of drug-likeness (QED) is 0.731. The second kappa shape index (κ2) is 3.78. The van der Waals surface area contributed by atoms with Crippen LogP contribution in [-0.2, 0) is 6.18 Å². The minimum atomic E-state index is -4.48. The summed E-state index contributed by atoms with van der Waals surface area (Å²) in [5.41, 5.74) is 4.69. The maximum Gasteiger partial charge on any atom is 0.420 e. The van der Waals surface area contributed by atoms with Crippen LogP contribution in [0.3, 0.4) is 0 Å². The lowest BCUT2D eigenvalue weighted by Gasteiger charge is -2.05. The zero-order valence-electron chi connectivity index (χ0n) is 9.36. The van der Waals surface area contributed by atoms with Gasteiger partial charge in [0.25, 0.3) is 0 Å². The summed E-state index contributed by atoms with van der Waals surface area (Å²) in [6.07, 6.45) is -3.23. The van der Waals surface area contributed by atoms with Gasteiger partial charge in [-0.2, -0.15) is 13.2 Å². The maximum atomic E-state index is 12.8. The highest BCUT2D eigenvalue weighted by Gasteiger charge is 2.34. The third-order valence-electron chi connectivity index (χ3n) is 2.67. The molecule has 0 aliphatic carbocycles. The van der Waals surface area contributed by atoms with E-state index in [1.165, 1.54) is 24.4 Å². The maximum absolute atomic E-state index is 12.8. The normalized spacial score (nSPS) is 12.2. The molecule has 7 heteroatoms. The van der Waals surface area contributed by atoms with Crippen LogP contribution in [-0.4, -0.2) is 5.16 Å². The molecule has 0 unspecified atom stereocenters. The molecule has 2 heterocycles. The molecule has 4 nitrogen and oxygen atoms in total. The van der Waals surface area contributed by atoms with E-state index in [1.807, 2.05) is 0 Å². The number of nitrogens with zero attached hydrogens (tertiary/aromatic N) is 1. The van der Waals surface area contributed by atoms with Gasteiger partial charge < -0.3 is 14.7 Å². The standard InChI is InChI=1S/C12H7F3N2O2/c13-12(14,15)7-3-1-2-6-4-9(18-10(6)7)11-8(16)5-17-19-11/h1-5H,16H2. The Labute approximate surface area is 104 Å². The third-order valence-corrected chi connectivity index (χ3v) is 2.67. The lowest BCUT2D eigenvalue weighted by molar-refractivity contribution is -0.136. The van der Waals surface area contributed by atoms with Crippen LogP contribution >= 0.6 is 0 Å². The molecule has 3 rings (SSSR count). The summed E-state index contributed by atoms with van der Waals surface area (Å²) in [7, 11) is 0. The van der Waals surface area contributed by atoms with E-state index in [1.54, 1.807) is 0 Å². The molecule has 0 aliphatic heterocycles. The first-order valence-corrected chi connectivity index (χ1v) is 5.27.